The molecule has 3 aromatic rings. The molecule has 1 aliphatic rings. The Morgan fingerprint density at radius 3 is 2.68 bits per heavy atom. The van der Waals surface area contributed by atoms with E-state index < -0.39 is 5.97 Å². The molecular weight excluding hydrogens is 410 g/mol. The molecule has 1 heterocycles. The SMILES string of the molecule is CCOC1CC[C@H](Sc2c(OC)cc(C)c3[nH]ccc23)[C@@H](c2ccc(C(=O)O)cc2)C1. The Balaban J connectivity index is 1.69. The van der Waals surface area contributed by atoms with Crippen molar-refractivity contribution in [3.8, 4) is 5.75 Å². The van der Waals surface area contributed by atoms with Gasteiger partial charge in [-0.2, -0.15) is 0 Å². The van der Waals surface area contributed by atoms with Gasteiger partial charge in [0.25, 0.3) is 0 Å². The van der Waals surface area contributed by atoms with Gasteiger partial charge in [0.15, 0.2) is 0 Å². The van der Waals surface area contributed by atoms with E-state index in [-0.39, 0.29) is 12.0 Å². The Kier molecular flexibility index (Phi) is 6.58. The van der Waals surface area contributed by atoms with Crippen LogP contribution in [0.3, 0.4) is 0 Å². The number of carboxylic acids is 1. The Morgan fingerprint density at radius 1 is 1.23 bits per heavy atom. The number of nitrogens with one attached hydrogen (secondary N) is 1. The number of fused-ring (bicyclic) bond motifs is 1. The van der Waals surface area contributed by atoms with Gasteiger partial charge >= 0.3 is 5.97 Å². The molecule has 3 atom stereocenters. The fourth-order valence-electron chi connectivity index (χ4n) is 4.63. The van der Waals surface area contributed by atoms with Crippen molar-refractivity contribution in [2.75, 3.05) is 13.7 Å². The van der Waals surface area contributed by atoms with E-state index in [4.69, 9.17) is 9.47 Å². The zero-order valence-electron chi connectivity index (χ0n) is 18.2. The summed E-state index contributed by atoms with van der Waals surface area (Å²) in [6, 6.07) is 11.6. The average Bonchev–Trinajstić information content (AvgIpc) is 3.27. The number of methoxy groups -OCH3 is 1. The van der Waals surface area contributed by atoms with Crippen molar-refractivity contribution in [2.24, 2.45) is 0 Å². The second-order valence-electron chi connectivity index (χ2n) is 8.07. The van der Waals surface area contributed by atoms with Crippen molar-refractivity contribution in [1.29, 1.82) is 0 Å². The molecule has 6 heteroatoms. The number of hydrogen-bond donors (Lipinski definition) is 2. The molecular formula is C25H29NO4S. The summed E-state index contributed by atoms with van der Waals surface area (Å²) in [7, 11) is 1.73. The van der Waals surface area contributed by atoms with Gasteiger partial charge in [-0.15, -0.1) is 11.8 Å². The van der Waals surface area contributed by atoms with Crippen LogP contribution in [-0.4, -0.2) is 41.1 Å². The fraction of sp³-hybridized carbons (Fsp3) is 0.400. The number of H-pyrrole nitrogens is 1. The Bertz CT molecular complexity index is 1060. The van der Waals surface area contributed by atoms with E-state index in [2.05, 4.69) is 24.0 Å². The highest BCUT2D eigenvalue weighted by Gasteiger charge is 2.34. The molecule has 0 spiro atoms. The fourth-order valence-corrected chi connectivity index (χ4v) is 6.18. The summed E-state index contributed by atoms with van der Waals surface area (Å²) >= 11 is 1.88. The monoisotopic (exact) mass is 439 g/mol. The maximum absolute atomic E-state index is 11.3. The summed E-state index contributed by atoms with van der Waals surface area (Å²) in [5, 5.41) is 10.8. The van der Waals surface area contributed by atoms with Crippen molar-refractivity contribution in [3.63, 3.8) is 0 Å². The van der Waals surface area contributed by atoms with Gasteiger partial charge in [0.1, 0.15) is 5.75 Å². The second kappa shape index (κ2) is 9.37. The number of carbonyl (C=O) groups is 1. The van der Waals surface area contributed by atoms with Crippen LogP contribution in [0.4, 0.5) is 0 Å². The van der Waals surface area contributed by atoms with Crippen LogP contribution in [0.2, 0.25) is 0 Å². The smallest absolute Gasteiger partial charge is 0.335 e. The van der Waals surface area contributed by atoms with Crippen LogP contribution in [0, 0.1) is 6.92 Å². The highest BCUT2D eigenvalue weighted by Crippen LogP contribution is 2.48. The van der Waals surface area contributed by atoms with Gasteiger partial charge in [0.05, 0.1) is 23.7 Å². The van der Waals surface area contributed by atoms with E-state index in [1.165, 1.54) is 16.5 Å². The van der Waals surface area contributed by atoms with Crippen molar-refractivity contribution < 1.29 is 19.4 Å². The van der Waals surface area contributed by atoms with E-state index >= 15 is 0 Å². The van der Waals surface area contributed by atoms with Crippen LogP contribution >= 0.6 is 11.8 Å². The number of benzene rings is 2. The standard InChI is InChI=1S/C25H29NO4S/c1-4-30-18-9-10-22(20(14-18)16-5-7-17(8-6-16)25(27)28)31-24-19-11-12-26-23(19)15(2)13-21(24)29-3/h5-8,11-13,18,20,22,26H,4,9-10,14H2,1-3H3,(H,27,28)/t18?,20-,22+/m1/s1. The first kappa shape index (κ1) is 21.8. The third kappa shape index (κ3) is 4.46. The van der Waals surface area contributed by atoms with Crippen LogP contribution in [0.5, 0.6) is 5.75 Å². The van der Waals surface area contributed by atoms with E-state index in [0.29, 0.717) is 17.4 Å². The molecule has 1 saturated carbocycles. The third-order valence-electron chi connectivity index (χ3n) is 6.17. The summed E-state index contributed by atoms with van der Waals surface area (Å²) in [6.07, 6.45) is 5.21. The van der Waals surface area contributed by atoms with Crippen molar-refractivity contribution in [3.05, 3.63) is 59.3 Å². The largest absolute Gasteiger partial charge is 0.496 e. The number of aryl methyl sites for hydroxylation is 1. The van der Waals surface area contributed by atoms with Crippen molar-refractivity contribution in [2.45, 2.75) is 55.3 Å². The number of ether oxygens (including phenoxy) is 2. The van der Waals surface area contributed by atoms with Crippen LogP contribution < -0.4 is 4.74 Å². The summed E-state index contributed by atoms with van der Waals surface area (Å²) in [6.45, 7) is 4.84. The van der Waals surface area contributed by atoms with Crippen molar-refractivity contribution in [1.82, 2.24) is 4.98 Å². The minimum atomic E-state index is -0.896. The quantitative estimate of drug-likeness (QED) is 0.471. The molecule has 31 heavy (non-hydrogen) atoms. The first-order chi connectivity index (χ1) is 15.0. The minimum Gasteiger partial charge on any atom is -0.496 e. The average molecular weight is 440 g/mol. The van der Waals surface area contributed by atoms with Gasteiger partial charge in [-0.1, -0.05) is 12.1 Å². The van der Waals surface area contributed by atoms with Crippen LogP contribution in [0.25, 0.3) is 10.9 Å². The predicted molar refractivity (Wildman–Crippen MR) is 125 cm³/mol. The Labute approximate surface area is 187 Å². The molecule has 1 fully saturated rings. The third-order valence-corrected chi connectivity index (χ3v) is 7.70. The summed E-state index contributed by atoms with van der Waals surface area (Å²) in [5.41, 5.74) is 3.80. The molecule has 1 aromatic heterocycles. The number of carboxylic acid groups (broad SMARTS) is 1. The molecule has 0 aliphatic heterocycles. The number of aromatic carboxylic acids is 1. The van der Waals surface area contributed by atoms with Gasteiger partial charge in [0, 0.05) is 29.0 Å². The normalized spacial score (nSPS) is 21.3. The zero-order chi connectivity index (χ0) is 22.0. The molecule has 4 rings (SSSR count). The van der Waals surface area contributed by atoms with E-state index in [1.807, 2.05) is 37.0 Å². The predicted octanol–water partition coefficient (Wildman–Crippen LogP) is 6.02. The first-order valence-corrected chi connectivity index (χ1v) is 11.7. The van der Waals surface area contributed by atoms with E-state index in [9.17, 15) is 9.90 Å². The number of rotatable bonds is 7. The lowest BCUT2D eigenvalue weighted by molar-refractivity contribution is 0.0321. The number of hydrogen-bond acceptors (Lipinski definition) is 4. The number of aromatic nitrogens is 1. The van der Waals surface area contributed by atoms with Gasteiger partial charge in [-0.25, -0.2) is 4.79 Å². The summed E-state index contributed by atoms with van der Waals surface area (Å²) in [4.78, 5) is 15.8. The highest BCUT2D eigenvalue weighted by atomic mass is 32.2. The lowest BCUT2D eigenvalue weighted by atomic mass is 9.81. The second-order valence-corrected chi connectivity index (χ2v) is 9.32. The molecule has 0 radical (unpaired) electrons. The molecule has 0 bridgehead atoms. The topological polar surface area (TPSA) is 71.5 Å². The van der Waals surface area contributed by atoms with Gasteiger partial charge in [0.2, 0.25) is 0 Å². The van der Waals surface area contributed by atoms with Crippen LogP contribution in [0.15, 0.2) is 47.5 Å². The Morgan fingerprint density at radius 2 is 2.00 bits per heavy atom. The molecule has 0 saturated heterocycles. The van der Waals surface area contributed by atoms with Crippen LogP contribution in [-0.2, 0) is 4.74 Å². The maximum Gasteiger partial charge on any atom is 0.335 e. The van der Waals surface area contributed by atoms with Crippen LogP contribution in [0.1, 0.15) is 53.6 Å². The van der Waals surface area contributed by atoms with Crippen molar-refractivity contribution >= 4 is 28.6 Å². The number of aromatic amines is 1. The first-order valence-electron chi connectivity index (χ1n) is 10.8. The van der Waals surface area contributed by atoms with E-state index in [1.54, 1.807) is 19.2 Å². The molecule has 1 unspecified atom stereocenters. The summed E-state index contributed by atoms with van der Waals surface area (Å²) < 4.78 is 11.7. The van der Waals surface area contributed by atoms with Gasteiger partial charge < -0.3 is 19.6 Å². The molecule has 0 amide bonds. The summed E-state index contributed by atoms with van der Waals surface area (Å²) in [5.74, 6) is 0.284. The lowest BCUT2D eigenvalue weighted by Gasteiger charge is -2.36. The molecule has 2 N–H and O–H groups in total. The van der Waals surface area contributed by atoms with Gasteiger partial charge in [-0.05, 0) is 74.4 Å². The van der Waals surface area contributed by atoms with E-state index in [0.717, 1.165) is 35.4 Å². The van der Waals surface area contributed by atoms with Gasteiger partial charge in [-0.3, -0.25) is 0 Å². The molecule has 5 nitrogen and oxygen atoms in total. The number of thioether (sulfide) groups is 1. The molecule has 164 valence electrons. The maximum atomic E-state index is 11.3. The molecule has 2 aromatic carbocycles. The zero-order valence-corrected chi connectivity index (χ0v) is 19.0. The highest BCUT2D eigenvalue weighted by molar-refractivity contribution is 8.00. The molecule has 1 aliphatic carbocycles. The Hall–Kier alpha value is -2.44. The minimum absolute atomic E-state index is 0.234. The lowest BCUT2D eigenvalue weighted by Crippen LogP contribution is -2.30.